The lowest BCUT2D eigenvalue weighted by atomic mass is 10.1. The van der Waals surface area contributed by atoms with E-state index < -0.39 is 0 Å². The summed E-state index contributed by atoms with van der Waals surface area (Å²) in [6, 6.07) is 25.0. The van der Waals surface area contributed by atoms with Crippen molar-refractivity contribution < 1.29 is 4.74 Å². The van der Waals surface area contributed by atoms with Gasteiger partial charge < -0.3 is 9.30 Å². The summed E-state index contributed by atoms with van der Waals surface area (Å²) < 4.78 is 7.49. The Kier molecular flexibility index (Phi) is 4.75. The number of methoxy groups -OCH3 is 1. The molecule has 4 rings (SSSR count). The number of para-hydroxylation sites is 2. The predicted molar refractivity (Wildman–Crippen MR) is 112 cm³/mol. The van der Waals surface area contributed by atoms with Gasteiger partial charge in [0.1, 0.15) is 11.6 Å². The van der Waals surface area contributed by atoms with Crippen molar-refractivity contribution in [2.75, 3.05) is 7.11 Å². The molecule has 0 amide bonds. The second-order valence-electron chi connectivity index (χ2n) is 6.64. The minimum absolute atomic E-state index is 0.795. The molecular formula is C24H22N2O. The molecule has 134 valence electrons. The summed E-state index contributed by atoms with van der Waals surface area (Å²) in [6.07, 6.45) is 4.17. The number of ether oxygens (including phenoxy) is 1. The van der Waals surface area contributed by atoms with Crippen LogP contribution in [0.2, 0.25) is 0 Å². The third kappa shape index (κ3) is 3.77. The van der Waals surface area contributed by atoms with Crippen LogP contribution in [0.25, 0.3) is 23.2 Å². The Hall–Kier alpha value is -3.33. The third-order valence-electron chi connectivity index (χ3n) is 4.69. The molecule has 0 saturated carbocycles. The number of hydrogen-bond donors (Lipinski definition) is 0. The summed E-state index contributed by atoms with van der Waals surface area (Å²) in [4.78, 5) is 4.83. The van der Waals surface area contributed by atoms with Gasteiger partial charge in [0.05, 0.1) is 18.1 Å². The molecule has 0 unspecified atom stereocenters. The fourth-order valence-electron chi connectivity index (χ4n) is 3.15. The Balaban J connectivity index is 1.70. The zero-order valence-corrected chi connectivity index (χ0v) is 15.6. The van der Waals surface area contributed by atoms with Gasteiger partial charge in [0.25, 0.3) is 0 Å². The molecule has 3 aromatic carbocycles. The van der Waals surface area contributed by atoms with Crippen LogP contribution in [0.3, 0.4) is 0 Å². The molecule has 0 bridgehead atoms. The van der Waals surface area contributed by atoms with Crippen LogP contribution in [-0.4, -0.2) is 16.7 Å². The number of fused-ring (bicyclic) bond motifs is 1. The van der Waals surface area contributed by atoms with Gasteiger partial charge >= 0.3 is 0 Å². The lowest BCUT2D eigenvalue weighted by Gasteiger charge is -2.08. The van der Waals surface area contributed by atoms with E-state index in [0.29, 0.717) is 0 Å². The van der Waals surface area contributed by atoms with Crippen molar-refractivity contribution in [3.8, 4) is 5.75 Å². The van der Waals surface area contributed by atoms with Gasteiger partial charge in [-0.15, -0.1) is 0 Å². The molecule has 0 atom stereocenters. The summed E-state index contributed by atoms with van der Waals surface area (Å²) in [5.41, 5.74) is 5.81. The molecule has 4 aromatic rings. The van der Waals surface area contributed by atoms with E-state index in [1.54, 1.807) is 7.11 Å². The van der Waals surface area contributed by atoms with E-state index in [2.05, 4.69) is 66.1 Å². The highest BCUT2D eigenvalue weighted by Gasteiger charge is 2.08. The average molecular weight is 354 g/mol. The van der Waals surface area contributed by atoms with E-state index in [1.807, 2.05) is 30.3 Å². The lowest BCUT2D eigenvalue weighted by Crippen LogP contribution is -2.02. The van der Waals surface area contributed by atoms with Gasteiger partial charge in [0.15, 0.2) is 0 Å². The van der Waals surface area contributed by atoms with Crippen LogP contribution < -0.4 is 4.74 Å². The van der Waals surface area contributed by atoms with Crippen molar-refractivity contribution in [3.63, 3.8) is 0 Å². The predicted octanol–water partition coefficient (Wildman–Crippen LogP) is 5.57. The monoisotopic (exact) mass is 354 g/mol. The summed E-state index contributed by atoms with van der Waals surface area (Å²) in [6.45, 7) is 2.91. The maximum Gasteiger partial charge on any atom is 0.134 e. The molecule has 0 aliphatic rings. The Morgan fingerprint density at radius 2 is 1.63 bits per heavy atom. The Labute approximate surface area is 159 Å². The first kappa shape index (κ1) is 17.1. The Morgan fingerprint density at radius 1 is 0.889 bits per heavy atom. The van der Waals surface area contributed by atoms with Gasteiger partial charge in [0.2, 0.25) is 0 Å². The smallest absolute Gasteiger partial charge is 0.134 e. The van der Waals surface area contributed by atoms with Gasteiger partial charge in [0, 0.05) is 6.54 Å². The summed E-state index contributed by atoms with van der Waals surface area (Å²) in [5, 5.41) is 0. The molecule has 0 fully saturated rings. The minimum Gasteiger partial charge on any atom is -0.497 e. The molecule has 27 heavy (non-hydrogen) atoms. The van der Waals surface area contributed by atoms with Gasteiger partial charge in [-0.2, -0.15) is 0 Å². The molecule has 1 aromatic heterocycles. The highest BCUT2D eigenvalue weighted by molar-refractivity contribution is 5.80. The van der Waals surface area contributed by atoms with Crippen LogP contribution in [-0.2, 0) is 6.54 Å². The topological polar surface area (TPSA) is 27.1 Å². The SMILES string of the molecule is COc1ccc(/C=C/c2nc3ccccc3n2Cc2ccc(C)cc2)cc1. The first-order chi connectivity index (χ1) is 13.2. The fourth-order valence-corrected chi connectivity index (χ4v) is 3.15. The highest BCUT2D eigenvalue weighted by atomic mass is 16.5. The standard InChI is InChI=1S/C24H22N2O/c1-18-7-9-20(10-8-18)17-26-23-6-4-3-5-22(23)25-24(26)16-13-19-11-14-21(27-2)15-12-19/h3-16H,17H2,1-2H3/b16-13+. The van der Waals surface area contributed by atoms with E-state index in [4.69, 9.17) is 9.72 Å². The molecule has 0 radical (unpaired) electrons. The van der Waals surface area contributed by atoms with Gasteiger partial charge in [-0.25, -0.2) is 4.98 Å². The van der Waals surface area contributed by atoms with E-state index in [1.165, 1.54) is 11.1 Å². The quantitative estimate of drug-likeness (QED) is 0.468. The molecule has 0 spiro atoms. The zero-order chi connectivity index (χ0) is 18.6. The molecule has 3 nitrogen and oxygen atoms in total. The number of aryl methyl sites for hydroxylation is 1. The maximum absolute atomic E-state index is 5.23. The van der Waals surface area contributed by atoms with Crippen molar-refractivity contribution in [2.24, 2.45) is 0 Å². The van der Waals surface area contributed by atoms with Crippen molar-refractivity contribution in [2.45, 2.75) is 13.5 Å². The summed E-state index contributed by atoms with van der Waals surface area (Å²) in [7, 11) is 1.68. The molecule has 3 heteroatoms. The van der Waals surface area contributed by atoms with E-state index in [0.717, 1.165) is 34.7 Å². The number of benzene rings is 3. The Morgan fingerprint density at radius 3 is 2.37 bits per heavy atom. The van der Waals surface area contributed by atoms with Crippen LogP contribution in [0, 0.1) is 6.92 Å². The van der Waals surface area contributed by atoms with Crippen LogP contribution in [0.5, 0.6) is 5.75 Å². The van der Waals surface area contributed by atoms with Crippen molar-refractivity contribution in [3.05, 3.63) is 95.3 Å². The number of nitrogens with zero attached hydrogens (tertiary/aromatic N) is 2. The zero-order valence-electron chi connectivity index (χ0n) is 15.6. The molecule has 0 aliphatic heterocycles. The van der Waals surface area contributed by atoms with Crippen molar-refractivity contribution >= 4 is 23.2 Å². The van der Waals surface area contributed by atoms with Crippen LogP contribution in [0.15, 0.2) is 72.8 Å². The number of aromatic nitrogens is 2. The average Bonchev–Trinajstić information content (AvgIpc) is 3.06. The number of imidazole rings is 1. The van der Waals surface area contributed by atoms with Gasteiger partial charge in [-0.3, -0.25) is 0 Å². The second kappa shape index (κ2) is 7.50. The minimum atomic E-state index is 0.795. The van der Waals surface area contributed by atoms with Gasteiger partial charge in [-0.1, -0.05) is 60.2 Å². The highest BCUT2D eigenvalue weighted by Crippen LogP contribution is 2.20. The van der Waals surface area contributed by atoms with Gasteiger partial charge in [-0.05, 0) is 48.4 Å². The van der Waals surface area contributed by atoms with Crippen LogP contribution in [0.1, 0.15) is 22.5 Å². The first-order valence-corrected chi connectivity index (χ1v) is 9.06. The maximum atomic E-state index is 5.23. The fraction of sp³-hybridized carbons (Fsp3) is 0.125. The van der Waals surface area contributed by atoms with Crippen molar-refractivity contribution in [1.29, 1.82) is 0 Å². The second-order valence-corrected chi connectivity index (χ2v) is 6.64. The normalized spacial score (nSPS) is 11.3. The Bertz CT molecular complexity index is 1070. The summed E-state index contributed by atoms with van der Waals surface area (Å²) >= 11 is 0. The molecule has 1 heterocycles. The molecule has 0 aliphatic carbocycles. The lowest BCUT2D eigenvalue weighted by molar-refractivity contribution is 0.415. The van der Waals surface area contributed by atoms with E-state index >= 15 is 0 Å². The molecule has 0 saturated heterocycles. The third-order valence-corrected chi connectivity index (χ3v) is 4.69. The van der Waals surface area contributed by atoms with Crippen LogP contribution >= 0.6 is 0 Å². The van der Waals surface area contributed by atoms with E-state index in [9.17, 15) is 0 Å². The number of hydrogen-bond acceptors (Lipinski definition) is 2. The number of rotatable bonds is 5. The first-order valence-electron chi connectivity index (χ1n) is 9.06. The van der Waals surface area contributed by atoms with Crippen molar-refractivity contribution in [1.82, 2.24) is 9.55 Å². The van der Waals surface area contributed by atoms with E-state index in [-0.39, 0.29) is 0 Å². The molecular weight excluding hydrogens is 332 g/mol. The molecule has 0 N–H and O–H groups in total. The largest absolute Gasteiger partial charge is 0.497 e. The van der Waals surface area contributed by atoms with Crippen LogP contribution in [0.4, 0.5) is 0 Å². The summed E-state index contributed by atoms with van der Waals surface area (Å²) in [5.74, 6) is 1.81.